The molecule has 0 aromatic heterocycles. The van der Waals surface area contributed by atoms with Crippen LogP contribution in [0.25, 0.3) is 6.08 Å². The molecule has 1 heterocycles. The van der Waals surface area contributed by atoms with Gasteiger partial charge in [-0.3, -0.25) is 0 Å². The topological polar surface area (TPSA) is 20.2 Å². The Kier molecular flexibility index (Phi) is 1.10. The fourth-order valence-corrected chi connectivity index (χ4v) is 2.68. The monoisotopic (exact) mass is 176 g/mol. The summed E-state index contributed by atoms with van der Waals surface area (Å²) in [6, 6.07) is 8.23. The highest BCUT2D eigenvalue weighted by Crippen LogP contribution is 2.66. The lowest BCUT2D eigenvalue weighted by molar-refractivity contribution is 0.220. The molecule has 1 fully saturated rings. The molecule has 3 rings (SSSR count). The molecule has 60 valence electrons. The molecule has 2 heteroatoms. The average Bonchev–Trinajstić information content (AvgIpc) is 2.78. The molecule has 1 aliphatic heterocycles. The first-order valence-electron chi connectivity index (χ1n) is 3.98. The number of thioether (sulfide) groups is 1. The Morgan fingerprint density at radius 1 is 1.33 bits per heavy atom. The molecule has 1 saturated heterocycles. The lowest BCUT2D eigenvalue weighted by atomic mass is 9.96. The van der Waals surface area contributed by atoms with Gasteiger partial charge in [-0.1, -0.05) is 30.3 Å². The standard InChI is InChI=1S/C10H8OS/c11-10-6-5-7-3-1-2-4-8(7)9(10)12-10/h1-6,9,11H. The van der Waals surface area contributed by atoms with E-state index in [1.165, 1.54) is 11.1 Å². The Morgan fingerprint density at radius 2 is 2.17 bits per heavy atom. The molecule has 1 aliphatic carbocycles. The lowest BCUT2D eigenvalue weighted by Crippen LogP contribution is -2.08. The quantitative estimate of drug-likeness (QED) is 0.611. The van der Waals surface area contributed by atoms with Crippen LogP contribution in [0.15, 0.2) is 30.3 Å². The Bertz CT molecular complexity index is 372. The van der Waals surface area contributed by atoms with E-state index in [1.807, 2.05) is 24.3 Å². The minimum Gasteiger partial charge on any atom is -0.374 e. The molecule has 2 atom stereocenters. The van der Waals surface area contributed by atoms with Crippen molar-refractivity contribution in [2.75, 3.05) is 0 Å². The third-order valence-electron chi connectivity index (χ3n) is 2.41. The molecule has 0 spiro atoms. The van der Waals surface area contributed by atoms with Crippen LogP contribution in [0, 0.1) is 0 Å². The maximum atomic E-state index is 9.77. The Hall–Kier alpha value is -0.730. The van der Waals surface area contributed by atoms with Crippen LogP contribution < -0.4 is 0 Å². The van der Waals surface area contributed by atoms with Crippen LogP contribution in [0.2, 0.25) is 0 Å². The van der Waals surface area contributed by atoms with E-state index in [1.54, 1.807) is 11.8 Å². The largest absolute Gasteiger partial charge is 0.374 e. The normalized spacial score (nSPS) is 35.6. The van der Waals surface area contributed by atoms with Crippen LogP contribution in [0.5, 0.6) is 0 Å². The minimum atomic E-state index is -0.575. The van der Waals surface area contributed by atoms with Crippen molar-refractivity contribution < 1.29 is 5.11 Å². The molecular formula is C10H8OS. The summed E-state index contributed by atoms with van der Waals surface area (Å²) in [5.41, 5.74) is 2.52. The summed E-state index contributed by atoms with van der Waals surface area (Å²) >= 11 is 1.61. The second-order valence-electron chi connectivity index (χ2n) is 3.21. The second-order valence-corrected chi connectivity index (χ2v) is 4.57. The first-order valence-corrected chi connectivity index (χ1v) is 4.86. The van der Waals surface area contributed by atoms with Gasteiger partial charge in [-0.25, -0.2) is 0 Å². The molecule has 12 heavy (non-hydrogen) atoms. The molecule has 2 unspecified atom stereocenters. The molecule has 0 radical (unpaired) electrons. The highest BCUT2D eigenvalue weighted by molar-refractivity contribution is 8.08. The third-order valence-corrected chi connectivity index (χ3v) is 3.75. The molecular weight excluding hydrogens is 168 g/mol. The van der Waals surface area contributed by atoms with Crippen molar-refractivity contribution in [3.05, 3.63) is 41.5 Å². The Morgan fingerprint density at radius 3 is 3.08 bits per heavy atom. The number of aliphatic hydroxyl groups is 1. The molecule has 0 saturated carbocycles. The predicted molar refractivity (Wildman–Crippen MR) is 50.8 cm³/mol. The summed E-state index contributed by atoms with van der Waals surface area (Å²) in [4.78, 5) is -0.575. The summed E-state index contributed by atoms with van der Waals surface area (Å²) in [7, 11) is 0. The summed E-state index contributed by atoms with van der Waals surface area (Å²) < 4.78 is 0. The van der Waals surface area contributed by atoms with Crippen molar-refractivity contribution in [3.63, 3.8) is 0 Å². The van der Waals surface area contributed by atoms with Crippen molar-refractivity contribution >= 4 is 17.8 Å². The van der Waals surface area contributed by atoms with E-state index in [4.69, 9.17) is 0 Å². The minimum absolute atomic E-state index is 0.290. The fourth-order valence-electron chi connectivity index (χ4n) is 1.68. The maximum absolute atomic E-state index is 9.77. The SMILES string of the molecule is OC12C=Cc3ccccc3C1S2. The summed E-state index contributed by atoms with van der Waals surface area (Å²) in [5.74, 6) is 0. The van der Waals surface area contributed by atoms with E-state index in [2.05, 4.69) is 12.1 Å². The molecule has 1 nitrogen and oxygen atoms in total. The third kappa shape index (κ3) is 0.740. The zero-order chi connectivity index (χ0) is 8.18. The summed E-state index contributed by atoms with van der Waals surface area (Å²) in [6.07, 6.45) is 3.90. The van der Waals surface area contributed by atoms with Crippen LogP contribution in [0.1, 0.15) is 16.4 Å². The molecule has 0 bridgehead atoms. The molecule has 2 aliphatic rings. The number of fused-ring (bicyclic) bond motifs is 3. The van der Waals surface area contributed by atoms with Crippen LogP contribution in [0.3, 0.4) is 0 Å². The number of hydrogen-bond acceptors (Lipinski definition) is 2. The highest BCUT2D eigenvalue weighted by Gasteiger charge is 2.55. The molecule has 1 aromatic carbocycles. The second kappa shape index (κ2) is 1.95. The maximum Gasteiger partial charge on any atom is 0.146 e. The van der Waals surface area contributed by atoms with Crippen LogP contribution >= 0.6 is 11.8 Å². The lowest BCUT2D eigenvalue weighted by Gasteiger charge is -2.10. The summed E-state index contributed by atoms with van der Waals surface area (Å²) in [6.45, 7) is 0. The number of benzene rings is 1. The van der Waals surface area contributed by atoms with Gasteiger partial charge in [0.25, 0.3) is 0 Å². The highest BCUT2D eigenvalue weighted by atomic mass is 32.2. The van der Waals surface area contributed by atoms with Gasteiger partial charge < -0.3 is 5.11 Å². The van der Waals surface area contributed by atoms with Crippen molar-refractivity contribution in [2.45, 2.75) is 10.2 Å². The average molecular weight is 176 g/mol. The van der Waals surface area contributed by atoms with Gasteiger partial charge in [0.15, 0.2) is 0 Å². The van der Waals surface area contributed by atoms with Gasteiger partial charge in [-0.15, -0.1) is 11.8 Å². The van der Waals surface area contributed by atoms with E-state index >= 15 is 0 Å². The van der Waals surface area contributed by atoms with Gasteiger partial charge in [0.05, 0.1) is 5.25 Å². The molecule has 1 aromatic rings. The first kappa shape index (κ1) is 6.75. The van der Waals surface area contributed by atoms with E-state index in [0.29, 0.717) is 5.25 Å². The van der Waals surface area contributed by atoms with E-state index in [0.717, 1.165) is 0 Å². The fraction of sp³-hybridized carbons (Fsp3) is 0.200. The van der Waals surface area contributed by atoms with Gasteiger partial charge in [0, 0.05) is 0 Å². The van der Waals surface area contributed by atoms with Crippen molar-refractivity contribution in [1.29, 1.82) is 0 Å². The molecule has 1 N–H and O–H groups in total. The Labute approximate surface area is 75.1 Å². The van der Waals surface area contributed by atoms with Crippen LogP contribution in [-0.2, 0) is 0 Å². The zero-order valence-corrected chi connectivity index (χ0v) is 7.21. The first-order chi connectivity index (χ1) is 5.80. The van der Waals surface area contributed by atoms with Gasteiger partial charge in [-0.2, -0.15) is 0 Å². The zero-order valence-electron chi connectivity index (χ0n) is 6.40. The van der Waals surface area contributed by atoms with Gasteiger partial charge in [-0.05, 0) is 17.2 Å². The van der Waals surface area contributed by atoms with Crippen molar-refractivity contribution in [3.8, 4) is 0 Å². The predicted octanol–water partition coefficient (Wildman–Crippen LogP) is 2.19. The van der Waals surface area contributed by atoms with E-state index < -0.39 is 4.93 Å². The van der Waals surface area contributed by atoms with Gasteiger partial charge in [0.2, 0.25) is 0 Å². The number of hydrogen-bond donors (Lipinski definition) is 1. The van der Waals surface area contributed by atoms with Crippen molar-refractivity contribution in [2.24, 2.45) is 0 Å². The van der Waals surface area contributed by atoms with Crippen LogP contribution in [-0.4, -0.2) is 10.0 Å². The number of rotatable bonds is 0. The smallest absolute Gasteiger partial charge is 0.146 e. The van der Waals surface area contributed by atoms with Crippen LogP contribution in [0.4, 0.5) is 0 Å². The van der Waals surface area contributed by atoms with E-state index in [9.17, 15) is 5.11 Å². The Balaban J connectivity index is 2.21. The summed E-state index contributed by atoms with van der Waals surface area (Å²) in [5, 5.41) is 10.1. The van der Waals surface area contributed by atoms with Gasteiger partial charge in [0.1, 0.15) is 4.93 Å². The van der Waals surface area contributed by atoms with E-state index in [-0.39, 0.29) is 0 Å². The van der Waals surface area contributed by atoms with Crippen molar-refractivity contribution in [1.82, 2.24) is 0 Å². The molecule has 0 amide bonds. The van der Waals surface area contributed by atoms with Gasteiger partial charge >= 0.3 is 0 Å².